The highest BCUT2D eigenvalue weighted by Gasteiger charge is 2.46. The molecule has 3 N–H and O–H groups in total. The highest BCUT2D eigenvalue weighted by Crippen LogP contribution is 2.46. The lowest BCUT2D eigenvalue weighted by molar-refractivity contribution is -0.172. The van der Waals surface area contributed by atoms with Crippen molar-refractivity contribution < 1.29 is 28.9 Å². The van der Waals surface area contributed by atoms with Crippen LogP contribution in [0.25, 0.3) is 22.3 Å². The van der Waals surface area contributed by atoms with E-state index in [-0.39, 0.29) is 54.4 Å². The second kappa shape index (κ2) is 8.96. The Bertz CT molecular complexity index is 1640. The fourth-order valence-corrected chi connectivity index (χ4v) is 6.48. The minimum absolute atomic E-state index is 0.0569. The zero-order valence-electron chi connectivity index (χ0n) is 22.1. The molecule has 1 aliphatic carbocycles. The van der Waals surface area contributed by atoms with E-state index in [0.717, 1.165) is 22.1 Å². The summed E-state index contributed by atoms with van der Waals surface area (Å²) in [4.78, 5) is 43.9. The first-order valence-electron chi connectivity index (χ1n) is 13.3. The number of benzene rings is 1. The summed E-state index contributed by atoms with van der Waals surface area (Å²) in [5.74, 6) is -1.48. The van der Waals surface area contributed by atoms with E-state index < -0.39 is 23.7 Å². The van der Waals surface area contributed by atoms with Crippen molar-refractivity contribution in [2.24, 2.45) is 0 Å². The molecule has 0 spiro atoms. The van der Waals surface area contributed by atoms with Crippen LogP contribution in [0.3, 0.4) is 0 Å². The number of nitrogens with one attached hydrogen (secondary N) is 1. The van der Waals surface area contributed by atoms with Crippen LogP contribution in [0, 0.1) is 12.7 Å². The van der Waals surface area contributed by atoms with Crippen molar-refractivity contribution in [1.82, 2.24) is 14.9 Å². The number of aliphatic hydroxyl groups is 2. The molecule has 0 saturated heterocycles. The number of esters is 1. The van der Waals surface area contributed by atoms with Gasteiger partial charge in [0.05, 0.1) is 47.6 Å². The Morgan fingerprint density at radius 3 is 2.79 bits per heavy atom. The monoisotopic (exact) mass is 535 g/mol. The molecule has 0 radical (unpaired) electrons. The molecule has 1 unspecified atom stereocenters. The maximum atomic E-state index is 15.0. The van der Waals surface area contributed by atoms with Gasteiger partial charge in [-0.2, -0.15) is 0 Å². The molecule has 0 saturated carbocycles. The second-order valence-corrected chi connectivity index (χ2v) is 10.9. The number of hydrogen-bond donors (Lipinski definition) is 3. The average Bonchev–Trinajstić information content (AvgIpc) is 3.24. The van der Waals surface area contributed by atoms with E-state index >= 15 is 0 Å². The maximum Gasteiger partial charge on any atom is 0.343 e. The molecule has 10 heteroatoms. The van der Waals surface area contributed by atoms with Crippen LogP contribution in [0.2, 0.25) is 0 Å². The van der Waals surface area contributed by atoms with Crippen molar-refractivity contribution in [1.29, 1.82) is 0 Å². The summed E-state index contributed by atoms with van der Waals surface area (Å²) in [6.07, 6.45) is 0.783. The lowest BCUT2D eigenvalue weighted by Gasteiger charge is -2.32. The minimum atomic E-state index is -1.95. The first-order chi connectivity index (χ1) is 18.5. The lowest BCUT2D eigenvalue weighted by atomic mass is 9.81. The summed E-state index contributed by atoms with van der Waals surface area (Å²) in [5.41, 5.74) is 2.31. The number of pyridine rings is 2. The smallest absolute Gasteiger partial charge is 0.343 e. The second-order valence-electron chi connectivity index (χ2n) is 10.9. The summed E-state index contributed by atoms with van der Waals surface area (Å²) in [5, 5.41) is 24.9. The number of carbonyl (C=O) groups excluding carboxylic acids is 2. The van der Waals surface area contributed by atoms with Gasteiger partial charge in [0.15, 0.2) is 5.60 Å². The van der Waals surface area contributed by atoms with Crippen LogP contribution in [0.1, 0.15) is 79.0 Å². The van der Waals surface area contributed by atoms with Gasteiger partial charge >= 0.3 is 5.97 Å². The Hall–Kier alpha value is -3.63. The minimum Gasteiger partial charge on any atom is -0.458 e. The molecule has 3 atom stereocenters. The number of aliphatic hydroxyl groups excluding tert-OH is 1. The fraction of sp³-hybridized carbons (Fsp3) is 0.448. The topological polar surface area (TPSA) is 131 Å². The zero-order valence-corrected chi connectivity index (χ0v) is 22.1. The number of aryl methyl sites for hydroxylation is 1. The van der Waals surface area contributed by atoms with Crippen LogP contribution in [-0.2, 0) is 39.5 Å². The molecule has 6 rings (SSSR count). The molecule has 3 aliphatic rings. The molecule has 39 heavy (non-hydrogen) atoms. The van der Waals surface area contributed by atoms with E-state index in [2.05, 4.69) is 5.32 Å². The molecule has 0 fully saturated rings. The molecule has 4 heterocycles. The third kappa shape index (κ3) is 3.72. The fourth-order valence-electron chi connectivity index (χ4n) is 6.48. The number of rotatable bonds is 5. The highest BCUT2D eigenvalue weighted by molar-refractivity contribution is 5.94. The molecule has 9 nitrogen and oxygen atoms in total. The number of amides is 1. The summed E-state index contributed by atoms with van der Waals surface area (Å²) < 4.78 is 21.8. The Balaban J connectivity index is 1.60. The number of fused-ring (bicyclic) bond motifs is 5. The normalized spacial score (nSPS) is 21.7. The maximum absolute atomic E-state index is 15.0. The molecule has 0 bridgehead atoms. The van der Waals surface area contributed by atoms with Crippen molar-refractivity contribution >= 4 is 22.8 Å². The molecule has 1 amide bonds. The summed E-state index contributed by atoms with van der Waals surface area (Å²) in [6, 6.07) is 2.59. The van der Waals surface area contributed by atoms with Gasteiger partial charge in [-0.1, -0.05) is 13.3 Å². The van der Waals surface area contributed by atoms with Crippen molar-refractivity contribution in [2.45, 2.75) is 83.8 Å². The number of hydrogen-bond acceptors (Lipinski definition) is 7. The van der Waals surface area contributed by atoms with Gasteiger partial charge < -0.3 is 24.8 Å². The molecular weight excluding hydrogens is 505 g/mol. The van der Waals surface area contributed by atoms with E-state index in [9.17, 15) is 29.0 Å². The van der Waals surface area contributed by atoms with Crippen LogP contribution < -0.4 is 10.9 Å². The van der Waals surface area contributed by atoms with Crippen LogP contribution >= 0.6 is 0 Å². The van der Waals surface area contributed by atoms with Gasteiger partial charge in [0, 0.05) is 22.6 Å². The van der Waals surface area contributed by atoms with E-state index in [1.165, 1.54) is 6.07 Å². The van der Waals surface area contributed by atoms with E-state index in [4.69, 9.17) is 9.72 Å². The third-order valence-electron chi connectivity index (χ3n) is 8.29. The molecule has 3 aromatic rings. The number of carbonyl (C=O) groups is 2. The molecule has 1 aromatic carbocycles. The van der Waals surface area contributed by atoms with Gasteiger partial charge in [-0.05, 0) is 55.9 Å². The first-order valence-corrected chi connectivity index (χ1v) is 13.3. The van der Waals surface area contributed by atoms with Gasteiger partial charge in [0.2, 0.25) is 5.91 Å². The average molecular weight is 536 g/mol. The number of halogens is 1. The highest BCUT2D eigenvalue weighted by atomic mass is 19.1. The Morgan fingerprint density at radius 2 is 2.08 bits per heavy atom. The zero-order chi connectivity index (χ0) is 27.8. The SMILES string of the molecule is CCC[C@@]1(O)C(=O)OCc2c1cc1n(c2=O)Cc2c-1nc1cc(F)c(C)c3c1c2[C@@H](NC(=O)CC(C)O)CC3. The third-order valence-corrected chi connectivity index (χ3v) is 8.29. The largest absolute Gasteiger partial charge is 0.458 e. The van der Waals surface area contributed by atoms with Crippen molar-refractivity contribution in [3.63, 3.8) is 0 Å². The van der Waals surface area contributed by atoms with E-state index in [1.807, 2.05) is 6.92 Å². The van der Waals surface area contributed by atoms with E-state index in [1.54, 1.807) is 24.5 Å². The van der Waals surface area contributed by atoms with Gasteiger partial charge in [-0.25, -0.2) is 14.2 Å². The predicted molar refractivity (Wildman–Crippen MR) is 139 cm³/mol. The Morgan fingerprint density at radius 1 is 1.31 bits per heavy atom. The molecule has 2 aliphatic heterocycles. The number of aromatic nitrogens is 2. The molecule has 2 aromatic heterocycles. The van der Waals surface area contributed by atoms with Crippen LogP contribution in [0.4, 0.5) is 4.39 Å². The summed E-state index contributed by atoms with van der Waals surface area (Å²) in [6.45, 7) is 5.04. The van der Waals surface area contributed by atoms with Crippen LogP contribution in [-0.4, -0.2) is 37.7 Å². The first kappa shape index (κ1) is 25.6. The number of ether oxygens (including phenoxy) is 1. The standard InChI is InChI=1S/C29H30FN3O6/c1-4-7-29(38)18-9-22-26-16(11-33(22)27(36)17(18)12-39-28(29)37)25-20(31-23(35)8-13(2)34)6-5-15-14(3)19(30)10-21(32-26)24(15)25/h9-10,13,20,34,38H,4-8,11-12H2,1-3H3,(H,31,35)/t13?,20-,29-/m0/s1. The van der Waals surface area contributed by atoms with Gasteiger partial charge in [-0.15, -0.1) is 0 Å². The van der Waals surface area contributed by atoms with Gasteiger partial charge in [0.25, 0.3) is 5.56 Å². The van der Waals surface area contributed by atoms with Gasteiger partial charge in [0.1, 0.15) is 12.4 Å². The van der Waals surface area contributed by atoms with Crippen LogP contribution in [0.5, 0.6) is 0 Å². The van der Waals surface area contributed by atoms with Crippen molar-refractivity contribution in [3.05, 3.63) is 61.7 Å². The summed E-state index contributed by atoms with van der Waals surface area (Å²) in [7, 11) is 0. The molecule has 204 valence electrons. The lowest BCUT2D eigenvalue weighted by Crippen LogP contribution is -2.44. The number of cyclic esters (lactones) is 1. The Kier molecular flexibility index (Phi) is 5.89. The van der Waals surface area contributed by atoms with Crippen LogP contribution in [0.15, 0.2) is 16.9 Å². The Labute approximate surface area is 223 Å². The van der Waals surface area contributed by atoms with Crippen molar-refractivity contribution in [3.8, 4) is 11.4 Å². The molecular formula is C29H30FN3O6. The van der Waals surface area contributed by atoms with E-state index in [0.29, 0.717) is 41.7 Å². The number of nitrogens with zero attached hydrogens (tertiary/aromatic N) is 2. The van der Waals surface area contributed by atoms with Gasteiger partial charge in [-0.3, -0.25) is 9.59 Å². The van der Waals surface area contributed by atoms with Crippen molar-refractivity contribution in [2.75, 3.05) is 0 Å². The summed E-state index contributed by atoms with van der Waals surface area (Å²) >= 11 is 0. The predicted octanol–water partition coefficient (Wildman–Crippen LogP) is 2.79. The quantitative estimate of drug-likeness (QED) is 0.335.